The Morgan fingerprint density at radius 1 is 1.30 bits per heavy atom. The van der Waals surface area contributed by atoms with E-state index in [9.17, 15) is 5.11 Å². The van der Waals surface area contributed by atoms with Crippen molar-refractivity contribution in [3.63, 3.8) is 0 Å². The summed E-state index contributed by atoms with van der Waals surface area (Å²) in [5.41, 5.74) is 0.568. The largest absolute Gasteiger partial charge is 1.00 e. The summed E-state index contributed by atoms with van der Waals surface area (Å²) >= 11 is 6.28. The van der Waals surface area contributed by atoms with Gasteiger partial charge in [-0.3, -0.25) is 4.98 Å². The van der Waals surface area contributed by atoms with Crippen molar-refractivity contribution in [3.8, 4) is 0 Å². The number of rotatable bonds is 2. The number of benzene rings is 1. The van der Waals surface area contributed by atoms with Crippen molar-refractivity contribution < 1.29 is 32.8 Å². The molecule has 1 heterocycles. The summed E-state index contributed by atoms with van der Waals surface area (Å²) in [6.07, 6.45) is 6.44. The summed E-state index contributed by atoms with van der Waals surface area (Å²) in [6, 6.07) is 15.9. The number of thioether (sulfide) groups is 1. The zero-order chi connectivity index (χ0) is 13.9. The minimum Gasteiger partial charge on any atom is -0.872 e. The third-order valence-corrected chi connectivity index (χ3v) is 3.14. The SMILES string of the molecule is CSC(=S)C=C([O-])c1cccnc1.[Hg+].[c]1ccccc1. The van der Waals surface area contributed by atoms with Crippen LogP contribution in [0.4, 0.5) is 0 Å². The van der Waals surface area contributed by atoms with Crippen molar-refractivity contribution in [2.24, 2.45) is 0 Å². The van der Waals surface area contributed by atoms with Gasteiger partial charge in [0.05, 0.1) is 4.20 Å². The number of hydrogen-bond donors (Lipinski definition) is 0. The minimum atomic E-state index is -0.0903. The van der Waals surface area contributed by atoms with Gasteiger partial charge in [-0.25, -0.2) is 0 Å². The molecule has 0 spiro atoms. The molecule has 2 nitrogen and oxygen atoms in total. The second-order valence-corrected chi connectivity index (χ2v) is 4.90. The molecule has 1 aromatic carbocycles. The predicted molar refractivity (Wildman–Crippen MR) is 83.6 cm³/mol. The summed E-state index contributed by atoms with van der Waals surface area (Å²) < 4.78 is 0.592. The Morgan fingerprint density at radius 3 is 2.40 bits per heavy atom. The van der Waals surface area contributed by atoms with Crippen LogP contribution in [0.3, 0.4) is 0 Å². The van der Waals surface area contributed by atoms with Crippen LogP contribution < -0.4 is 5.11 Å². The molecule has 0 fully saturated rings. The van der Waals surface area contributed by atoms with Crippen LogP contribution in [0.25, 0.3) is 5.76 Å². The Balaban J connectivity index is 0.000000434. The van der Waals surface area contributed by atoms with Crippen LogP contribution in [0.15, 0.2) is 60.9 Å². The van der Waals surface area contributed by atoms with E-state index in [4.69, 9.17) is 12.2 Å². The third-order valence-electron chi connectivity index (χ3n) is 2.00. The summed E-state index contributed by atoms with van der Waals surface area (Å²) in [4.78, 5) is 3.85. The first kappa shape index (κ1) is 19.3. The molecule has 0 N–H and O–H groups in total. The molecule has 0 aliphatic carbocycles. The number of hydrogen-bond acceptors (Lipinski definition) is 4. The van der Waals surface area contributed by atoms with Crippen molar-refractivity contribution in [1.82, 2.24) is 4.98 Å². The molecule has 98 valence electrons. The molecular weight excluding hydrogens is 475 g/mol. The Kier molecular flexibility index (Phi) is 11.6. The van der Waals surface area contributed by atoms with Crippen LogP contribution in [0, 0.1) is 6.07 Å². The first-order chi connectivity index (χ1) is 9.24. The maximum atomic E-state index is 11.4. The van der Waals surface area contributed by atoms with Gasteiger partial charge in [0.15, 0.2) is 0 Å². The standard InChI is InChI=1S/C9H9NOS2.C6H5.Hg/c1-13-9(12)5-8(11)7-3-2-4-10-6-7;1-2-4-6-5-3-1;/h2-6,11H,1H3;1-5H;/q;;+1/p-1. The Morgan fingerprint density at radius 2 is 2.00 bits per heavy atom. The van der Waals surface area contributed by atoms with Gasteiger partial charge in [0.2, 0.25) is 0 Å². The number of nitrogens with zero attached hydrogens (tertiary/aromatic N) is 1. The monoisotopic (exact) mass is 489 g/mol. The van der Waals surface area contributed by atoms with Crippen LogP contribution in [-0.4, -0.2) is 15.4 Å². The second kappa shape index (κ2) is 12.1. The summed E-state index contributed by atoms with van der Waals surface area (Å²) in [5, 5.41) is 11.4. The first-order valence-corrected chi connectivity index (χ1v) is 7.15. The zero-order valence-electron chi connectivity index (χ0n) is 11.2. The fourth-order valence-electron chi connectivity index (χ4n) is 1.10. The van der Waals surface area contributed by atoms with Gasteiger partial charge in [-0.15, -0.1) is 11.8 Å². The summed E-state index contributed by atoms with van der Waals surface area (Å²) in [5.74, 6) is -0.0903. The van der Waals surface area contributed by atoms with Crippen LogP contribution in [0.2, 0.25) is 0 Å². The number of pyridine rings is 1. The average Bonchev–Trinajstić information content (AvgIpc) is 2.50. The van der Waals surface area contributed by atoms with E-state index >= 15 is 0 Å². The summed E-state index contributed by atoms with van der Waals surface area (Å²) in [7, 11) is 0. The van der Waals surface area contributed by atoms with E-state index in [1.807, 2.05) is 36.6 Å². The number of aromatic nitrogens is 1. The van der Waals surface area contributed by atoms with Crippen LogP contribution in [0.1, 0.15) is 5.56 Å². The van der Waals surface area contributed by atoms with Gasteiger partial charge in [0.1, 0.15) is 0 Å². The molecule has 0 saturated heterocycles. The predicted octanol–water partition coefficient (Wildman–Crippen LogP) is 2.96. The average molecular weight is 488 g/mol. The van der Waals surface area contributed by atoms with Crippen molar-refractivity contribution in [2.45, 2.75) is 0 Å². The van der Waals surface area contributed by atoms with Gasteiger partial charge in [-0.05, 0) is 30.0 Å². The second-order valence-electron chi connectivity index (χ2n) is 3.35. The molecule has 1 aromatic heterocycles. The van der Waals surface area contributed by atoms with Crippen LogP contribution in [-0.2, 0) is 27.7 Å². The molecule has 0 aliphatic rings. The first-order valence-electron chi connectivity index (χ1n) is 5.52. The molecule has 0 atom stereocenters. The molecule has 0 saturated carbocycles. The van der Waals surface area contributed by atoms with E-state index in [0.29, 0.717) is 9.76 Å². The van der Waals surface area contributed by atoms with Crippen molar-refractivity contribution in [2.75, 3.05) is 6.26 Å². The maximum Gasteiger partial charge on any atom is 1.00 e. The van der Waals surface area contributed by atoms with E-state index in [1.165, 1.54) is 24.0 Å². The molecule has 2 aromatic rings. The smallest absolute Gasteiger partial charge is 0.872 e. The third kappa shape index (κ3) is 8.45. The van der Waals surface area contributed by atoms with E-state index in [0.717, 1.165) is 0 Å². The number of thiocarbonyl (C=S) groups is 1. The van der Waals surface area contributed by atoms with Gasteiger partial charge in [-0.2, -0.15) is 0 Å². The van der Waals surface area contributed by atoms with E-state index in [-0.39, 0.29) is 33.4 Å². The maximum absolute atomic E-state index is 11.4. The van der Waals surface area contributed by atoms with Crippen molar-refractivity contribution >= 4 is 33.9 Å². The molecule has 0 aliphatic heterocycles. The van der Waals surface area contributed by atoms with E-state index in [1.54, 1.807) is 18.3 Å². The normalized spacial score (nSPS) is 9.75. The van der Waals surface area contributed by atoms with Crippen LogP contribution >= 0.6 is 24.0 Å². The molecular formula is C15H13HgNOS2. The Labute approximate surface area is 149 Å². The molecule has 0 bridgehead atoms. The molecule has 2 radical (unpaired) electrons. The quantitative estimate of drug-likeness (QED) is 0.282. The van der Waals surface area contributed by atoms with E-state index in [2.05, 4.69) is 11.1 Å². The minimum absolute atomic E-state index is 0. The van der Waals surface area contributed by atoms with Gasteiger partial charge >= 0.3 is 27.7 Å². The van der Waals surface area contributed by atoms with Crippen molar-refractivity contribution in [1.29, 1.82) is 0 Å². The Bertz CT molecular complexity index is 491. The fraction of sp³-hybridized carbons (Fsp3) is 0.0667. The fourth-order valence-corrected chi connectivity index (χ4v) is 1.43. The van der Waals surface area contributed by atoms with Gasteiger partial charge in [0.25, 0.3) is 0 Å². The van der Waals surface area contributed by atoms with Crippen LogP contribution in [0.5, 0.6) is 0 Å². The summed E-state index contributed by atoms with van der Waals surface area (Å²) in [6.45, 7) is 0. The Hall–Kier alpha value is -0.715. The molecule has 20 heavy (non-hydrogen) atoms. The van der Waals surface area contributed by atoms with Crippen molar-refractivity contribution in [3.05, 3.63) is 72.6 Å². The van der Waals surface area contributed by atoms with Gasteiger partial charge in [0, 0.05) is 12.4 Å². The van der Waals surface area contributed by atoms with Gasteiger partial charge in [-0.1, -0.05) is 54.4 Å². The molecule has 5 heteroatoms. The molecule has 0 unspecified atom stereocenters. The van der Waals surface area contributed by atoms with Gasteiger partial charge < -0.3 is 5.11 Å². The van der Waals surface area contributed by atoms with E-state index < -0.39 is 0 Å². The molecule has 0 amide bonds. The zero-order valence-corrected chi connectivity index (χ0v) is 18.3. The topological polar surface area (TPSA) is 36.0 Å². The molecule has 2 rings (SSSR count).